The maximum absolute atomic E-state index is 12.5. The highest BCUT2D eigenvalue weighted by atomic mass is 19.3. The number of nitrogens with zero attached hydrogens (tertiary/aromatic N) is 4. The Labute approximate surface area is 190 Å². The molecule has 0 saturated heterocycles. The van der Waals surface area contributed by atoms with Gasteiger partial charge in [0.25, 0.3) is 5.56 Å². The molecule has 0 unspecified atom stereocenters. The first-order chi connectivity index (χ1) is 15.8. The van der Waals surface area contributed by atoms with Gasteiger partial charge in [0.05, 0.1) is 12.8 Å². The molecular weight excluding hydrogens is 430 g/mol. The molecule has 0 bridgehead atoms. The second-order valence-corrected chi connectivity index (χ2v) is 8.34. The molecule has 33 heavy (non-hydrogen) atoms. The fourth-order valence-electron chi connectivity index (χ4n) is 3.91. The Bertz CT molecular complexity index is 1180. The fourth-order valence-corrected chi connectivity index (χ4v) is 3.91. The van der Waals surface area contributed by atoms with Gasteiger partial charge in [-0.2, -0.15) is 8.78 Å². The van der Waals surface area contributed by atoms with Crippen LogP contribution in [0, 0.1) is 19.8 Å². The smallest absolute Gasteiger partial charge is 0.387 e. The minimum atomic E-state index is -2.86. The summed E-state index contributed by atoms with van der Waals surface area (Å²) in [5.74, 6) is 0.906. The van der Waals surface area contributed by atoms with Gasteiger partial charge in [0.2, 0.25) is 5.88 Å². The molecule has 0 N–H and O–H groups in total. The number of hydrogen-bond donors (Lipinski definition) is 0. The first-order valence-electron chi connectivity index (χ1n) is 10.8. The molecule has 3 aromatic rings. The van der Waals surface area contributed by atoms with E-state index in [9.17, 15) is 13.6 Å². The highest BCUT2D eigenvalue weighted by molar-refractivity contribution is 5.27. The van der Waals surface area contributed by atoms with Crippen LogP contribution in [0.1, 0.15) is 40.5 Å². The van der Waals surface area contributed by atoms with E-state index in [0.29, 0.717) is 30.9 Å². The fraction of sp³-hybridized carbons (Fsp3) is 0.417. The number of rotatable bonds is 9. The predicted molar refractivity (Wildman–Crippen MR) is 118 cm³/mol. The van der Waals surface area contributed by atoms with E-state index >= 15 is 0 Å². The van der Waals surface area contributed by atoms with Gasteiger partial charge in [-0.25, -0.2) is 4.68 Å². The summed E-state index contributed by atoms with van der Waals surface area (Å²) in [7, 11) is 1.62. The summed E-state index contributed by atoms with van der Waals surface area (Å²) in [6, 6.07) is 8.94. The van der Waals surface area contributed by atoms with Crippen molar-refractivity contribution in [3.63, 3.8) is 0 Å². The summed E-state index contributed by atoms with van der Waals surface area (Å²) >= 11 is 0. The van der Waals surface area contributed by atoms with Crippen molar-refractivity contribution >= 4 is 0 Å². The van der Waals surface area contributed by atoms with Crippen molar-refractivity contribution in [3.8, 4) is 11.6 Å². The van der Waals surface area contributed by atoms with Gasteiger partial charge in [0.15, 0.2) is 0 Å². The first kappa shape index (κ1) is 22.8. The number of halogens is 2. The number of alkyl halides is 2. The average molecular weight is 456 g/mol. The molecule has 1 aliphatic carbocycles. The maximum Gasteiger partial charge on any atom is 0.387 e. The monoisotopic (exact) mass is 456 g/mol. The van der Waals surface area contributed by atoms with Crippen LogP contribution in [0.3, 0.4) is 0 Å². The molecule has 0 amide bonds. The van der Waals surface area contributed by atoms with Crippen molar-refractivity contribution in [2.24, 2.45) is 13.0 Å². The van der Waals surface area contributed by atoms with Crippen LogP contribution in [-0.4, -0.2) is 33.0 Å². The zero-order chi connectivity index (χ0) is 23.5. The van der Waals surface area contributed by atoms with E-state index < -0.39 is 6.61 Å². The van der Waals surface area contributed by atoms with E-state index in [0.717, 1.165) is 29.1 Å². The molecule has 1 saturated carbocycles. The maximum atomic E-state index is 12.5. The number of ether oxygens (including phenoxy) is 2. The molecule has 0 radical (unpaired) electrons. The molecule has 3 aromatic heterocycles. The molecule has 9 heteroatoms. The molecular formula is C24H26F2N4O3. The topological polar surface area (TPSA) is 79.1 Å². The minimum absolute atomic E-state index is 0.0424. The van der Waals surface area contributed by atoms with Crippen LogP contribution in [-0.2, 0) is 19.9 Å². The molecule has 0 aliphatic heterocycles. The zero-order valence-corrected chi connectivity index (χ0v) is 18.8. The third kappa shape index (κ3) is 5.71. The summed E-state index contributed by atoms with van der Waals surface area (Å²) < 4.78 is 36.1. The van der Waals surface area contributed by atoms with Crippen molar-refractivity contribution < 1.29 is 18.3 Å². The molecule has 174 valence electrons. The van der Waals surface area contributed by atoms with Gasteiger partial charge in [-0.05, 0) is 56.9 Å². The SMILES string of the molecule is Cc1ccc(CCc2cc(OC[C@H]3C[C@@H]3c3ccc(OC(F)F)cn3)nn(C)c2=O)c(C)n1. The lowest BCUT2D eigenvalue weighted by Gasteiger charge is -2.10. The highest BCUT2D eigenvalue weighted by Crippen LogP contribution is 2.46. The highest BCUT2D eigenvalue weighted by Gasteiger charge is 2.40. The number of aromatic nitrogens is 4. The molecule has 1 fully saturated rings. The van der Waals surface area contributed by atoms with E-state index in [-0.39, 0.29) is 23.1 Å². The Hall–Kier alpha value is -3.36. The Morgan fingerprint density at radius 1 is 1.15 bits per heavy atom. The number of hydrogen-bond acceptors (Lipinski definition) is 6. The van der Waals surface area contributed by atoms with Gasteiger partial charge in [0.1, 0.15) is 5.75 Å². The second kappa shape index (κ2) is 9.64. The van der Waals surface area contributed by atoms with Crippen LogP contribution in [0.5, 0.6) is 11.6 Å². The molecule has 0 spiro atoms. The lowest BCUT2D eigenvalue weighted by atomic mass is 10.0. The lowest BCUT2D eigenvalue weighted by molar-refractivity contribution is -0.0500. The van der Waals surface area contributed by atoms with Crippen LogP contribution in [0.2, 0.25) is 0 Å². The minimum Gasteiger partial charge on any atom is -0.476 e. The van der Waals surface area contributed by atoms with Crippen molar-refractivity contribution in [1.29, 1.82) is 0 Å². The Balaban J connectivity index is 1.35. The molecule has 1 aliphatic rings. The van der Waals surface area contributed by atoms with Crippen LogP contribution in [0.15, 0.2) is 41.3 Å². The van der Waals surface area contributed by atoms with Gasteiger partial charge < -0.3 is 9.47 Å². The Morgan fingerprint density at radius 3 is 2.64 bits per heavy atom. The quantitative estimate of drug-likeness (QED) is 0.488. The third-order valence-electron chi connectivity index (χ3n) is 5.85. The van der Waals surface area contributed by atoms with E-state index in [4.69, 9.17) is 4.74 Å². The summed E-state index contributed by atoms with van der Waals surface area (Å²) in [6.45, 7) is 1.50. The van der Waals surface area contributed by atoms with Crippen LogP contribution < -0.4 is 15.0 Å². The summed E-state index contributed by atoms with van der Waals surface area (Å²) in [5.41, 5.74) is 4.38. The lowest BCUT2D eigenvalue weighted by Crippen LogP contribution is -2.24. The Morgan fingerprint density at radius 2 is 1.94 bits per heavy atom. The largest absolute Gasteiger partial charge is 0.476 e. The zero-order valence-electron chi connectivity index (χ0n) is 18.8. The number of aryl methyl sites for hydroxylation is 5. The standard InChI is InChI=1S/C24H26F2N4O3/c1-14-4-5-16(15(2)28-14)6-7-17-11-22(29-30(3)23(17)31)32-13-18-10-20(18)21-9-8-19(12-27-21)33-24(25)26/h4-5,8-9,11-12,18,20,24H,6-7,10,13H2,1-3H3/t18-,20+/m1/s1. The van der Waals surface area contributed by atoms with Gasteiger partial charge in [-0.15, -0.1) is 5.10 Å². The summed E-state index contributed by atoms with van der Waals surface area (Å²) in [6.07, 6.45) is 3.48. The molecule has 7 nitrogen and oxygen atoms in total. The molecule has 2 atom stereocenters. The van der Waals surface area contributed by atoms with Gasteiger partial charge in [-0.3, -0.25) is 14.8 Å². The average Bonchev–Trinajstić information content (AvgIpc) is 3.54. The van der Waals surface area contributed by atoms with Crippen LogP contribution in [0.25, 0.3) is 0 Å². The molecule has 0 aromatic carbocycles. The van der Waals surface area contributed by atoms with Gasteiger partial charge in [-0.1, -0.05) is 6.07 Å². The molecule has 4 rings (SSSR count). The molecule has 3 heterocycles. The van der Waals surface area contributed by atoms with Gasteiger partial charge in [0, 0.05) is 47.6 Å². The summed E-state index contributed by atoms with van der Waals surface area (Å²) in [4.78, 5) is 21.2. The van der Waals surface area contributed by atoms with E-state index in [1.807, 2.05) is 26.0 Å². The van der Waals surface area contributed by atoms with E-state index in [1.54, 1.807) is 19.2 Å². The van der Waals surface area contributed by atoms with Crippen LogP contribution >= 0.6 is 0 Å². The Kier molecular flexibility index (Phi) is 6.67. The van der Waals surface area contributed by atoms with Crippen molar-refractivity contribution in [3.05, 3.63) is 75.1 Å². The van der Waals surface area contributed by atoms with Crippen molar-refractivity contribution in [1.82, 2.24) is 19.7 Å². The van der Waals surface area contributed by atoms with Gasteiger partial charge >= 0.3 is 6.61 Å². The first-order valence-corrected chi connectivity index (χ1v) is 10.8. The normalized spacial score (nSPS) is 17.3. The predicted octanol–water partition coefficient (Wildman–Crippen LogP) is 3.76. The number of pyridine rings is 2. The van der Waals surface area contributed by atoms with Crippen molar-refractivity contribution in [2.45, 2.75) is 45.6 Å². The summed E-state index contributed by atoms with van der Waals surface area (Å²) in [5, 5.41) is 4.22. The third-order valence-corrected chi connectivity index (χ3v) is 5.85. The van der Waals surface area contributed by atoms with Crippen molar-refractivity contribution in [2.75, 3.05) is 6.61 Å². The second-order valence-electron chi connectivity index (χ2n) is 8.34. The van der Waals surface area contributed by atoms with Crippen LogP contribution in [0.4, 0.5) is 8.78 Å². The van der Waals surface area contributed by atoms with E-state index in [2.05, 4.69) is 19.8 Å². The van der Waals surface area contributed by atoms with E-state index in [1.165, 1.54) is 16.9 Å².